The molecule has 0 aromatic carbocycles. The van der Waals surface area contributed by atoms with Crippen molar-refractivity contribution in [2.45, 2.75) is 58.1 Å². The molecule has 1 fully saturated rings. The van der Waals surface area contributed by atoms with Crippen molar-refractivity contribution in [1.82, 2.24) is 15.5 Å². The Bertz CT molecular complexity index is 676. The van der Waals surface area contributed by atoms with Crippen LogP contribution in [0.2, 0.25) is 0 Å². The lowest BCUT2D eigenvalue weighted by Gasteiger charge is -2.29. The zero-order valence-corrected chi connectivity index (χ0v) is 15.5. The predicted octanol–water partition coefficient (Wildman–Crippen LogP) is 0.585. The average molecular weight is 382 g/mol. The van der Waals surface area contributed by atoms with Gasteiger partial charge in [-0.3, -0.25) is 24.9 Å². The molecule has 1 aromatic rings. The van der Waals surface area contributed by atoms with Crippen molar-refractivity contribution in [2.75, 3.05) is 11.9 Å². The Hall–Kier alpha value is -2.46. The summed E-state index contributed by atoms with van der Waals surface area (Å²) in [6.07, 6.45) is 1.07. The number of amides is 3. The van der Waals surface area contributed by atoms with Crippen LogP contribution >= 0.6 is 0 Å². The number of aromatic nitrogens is 1. The van der Waals surface area contributed by atoms with E-state index in [2.05, 4.69) is 10.5 Å². The van der Waals surface area contributed by atoms with Gasteiger partial charge in [0.1, 0.15) is 12.1 Å². The molecular formula is C17H26N4O6. The summed E-state index contributed by atoms with van der Waals surface area (Å²) in [5.74, 6) is -2.77. The quantitative estimate of drug-likeness (QED) is 0.380. The molecule has 0 spiro atoms. The van der Waals surface area contributed by atoms with E-state index >= 15 is 0 Å². The first kappa shape index (κ1) is 20.8. The van der Waals surface area contributed by atoms with E-state index in [0.717, 1.165) is 6.42 Å². The van der Waals surface area contributed by atoms with Crippen LogP contribution in [-0.2, 0) is 14.4 Å². The Morgan fingerprint density at radius 3 is 2.78 bits per heavy atom. The minimum atomic E-state index is -1.68. The molecule has 0 unspecified atom stereocenters. The number of nitrogens with zero attached hydrogens (tertiary/aromatic N) is 2. The minimum Gasteiger partial charge on any atom is -0.382 e. The van der Waals surface area contributed by atoms with Gasteiger partial charge in [-0.25, -0.2) is 5.48 Å². The van der Waals surface area contributed by atoms with Gasteiger partial charge in [-0.1, -0.05) is 24.9 Å². The second-order valence-electron chi connectivity index (χ2n) is 6.68. The van der Waals surface area contributed by atoms with E-state index in [9.17, 15) is 19.5 Å². The smallest absolute Gasteiger partial charge is 0.272 e. The fourth-order valence-electron chi connectivity index (χ4n) is 3.23. The molecule has 10 nitrogen and oxygen atoms in total. The molecule has 0 saturated carbocycles. The molecule has 2 rings (SSSR count). The van der Waals surface area contributed by atoms with E-state index in [4.69, 9.17) is 9.73 Å². The second kappa shape index (κ2) is 9.47. The molecule has 2 heterocycles. The highest BCUT2D eigenvalue weighted by Gasteiger charge is 2.41. The number of unbranched alkanes of at least 4 members (excludes halogenated alkanes) is 1. The number of carbonyl (C=O) groups is 3. The Kier molecular flexibility index (Phi) is 7.31. The van der Waals surface area contributed by atoms with Gasteiger partial charge in [-0.15, -0.1) is 0 Å². The van der Waals surface area contributed by atoms with Gasteiger partial charge in [-0.2, -0.15) is 0 Å². The van der Waals surface area contributed by atoms with Crippen LogP contribution in [0.15, 0.2) is 10.6 Å². The van der Waals surface area contributed by atoms with E-state index in [0.29, 0.717) is 31.5 Å². The molecule has 0 bridgehead atoms. The normalized spacial score (nSPS) is 18.8. The summed E-state index contributed by atoms with van der Waals surface area (Å²) in [6, 6.07) is 0.842. The number of hydrogen-bond donors (Lipinski definition) is 4. The molecule has 10 heteroatoms. The number of hydrogen-bond acceptors (Lipinski definition) is 7. The number of hydroxylamine groups is 1. The highest BCUT2D eigenvalue weighted by molar-refractivity contribution is 5.98. The molecule has 150 valence electrons. The Morgan fingerprint density at radius 2 is 2.19 bits per heavy atom. The number of aliphatic hydroxyl groups is 1. The monoisotopic (exact) mass is 382 g/mol. The zero-order valence-electron chi connectivity index (χ0n) is 15.5. The van der Waals surface area contributed by atoms with Crippen LogP contribution in [0, 0.1) is 12.8 Å². The molecule has 0 aliphatic carbocycles. The van der Waals surface area contributed by atoms with E-state index in [1.807, 2.05) is 6.92 Å². The van der Waals surface area contributed by atoms with Crippen LogP contribution in [0.25, 0.3) is 0 Å². The van der Waals surface area contributed by atoms with Crippen molar-refractivity contribution < 1.29 is 29.2 Å². The summed E-state index contributed by atoms with van der Waals surface area (Å²) >= 11 is 0. The predicted molar refractivity (Wildman–Crippen MR) is 93.6 cm³/mol. The fourth-order valence-corrected chi connectivity index (χ4v) is 3.23. The van der Waals surface area contributed by atoms with Gasteiger partial charge in [0, 0.05) is 12.6 Å². The van der Waals surface area contributed by atoms with Gasteiger partial charge >= 0.3 is 0 Å². The summed E-state index contributed by atoms with van der Waals surface area (Å²) in [4.78, 5) is 38.5. The maximum absolute atomic E-state index is 13.0. The Morgan fingerprint density at radius 1 is 1.44 bits per heavy atom. The number of rotatable bonds is 8. The molecule has 0 radical (unpaired) electrons. The van der Waals surface area contributed by atoms with E-state index in [1.54, 1.807) is 13.0 Å². The molecule has 3 amide bonds. The van der Waals surface area contributed by atoms with Crippen LogP contribution in [0.4, 0.5) is 5.88 Å². The van der Waals surface area contributed by atoms with Gasteiger partial charge in [-0.05, 0) is 26.2 Å². The summed E-state index contributed by atoms with van der Waals surface area (Å²) in [5, 5.41) is 25.2. The summed E-state index contributed by atoms with van der Waals surface area (Å²) in [5.41, 5.74) is 1.99. The van der Waals surface area contributed by atoms with E-state index in [1.165, 1.54) is 10.4 Å². The number of aryl methyl sites for hydroxylation is 1. The number of nitrogens with one attached hydrogen (secondary N) is 2. The number of likely N-dealkylation sites (tertiary alicyclic amines) is 1. The first-order chi connectivity index (χ1) is 12.9. The molecule has 1 aromatic heterocycles. The number of aliphatic hydroxyl groups excluding tert-OH is 1. The third-order valence-electron chi connectivity index (χ3n) is 4.66. The Balaban J connectivity index is 2.12. The largest absolute Gasteiger partial charge is 0.382 e. The minimum absolute atomic E-state index is 0.194. The average Bonchev–Trinajstić information content (AvgIpc) is 3.29. The maximum atomic E-state index is 13.0. The van der Waals surface area contributed by atoms with Gasteiger partial charge in [0.05, 0.1) is 11.6 Å². The van der Waals surface area contributed by atoms with Gasteiger partial charge in [0.2, 0.25) is 17.7 Å². The Labute approximate surface area is 156 Å². The molecular weight excluding hydrogens is 356 g/mol. The van der Waals surface area contributed by atoms with E-state index < -0.39 is 35.8 Å². The van der Waals surface area contributed by atoms with Crippen LogP contribution in [0.1, 0.15) is 44.7 Å². The lowest BCUT2D eigenvalue weighted by molar-refractivity contribution is -0.152. The summed E-state index contributed by atoms with van der Waals surface area (Å²) in [6.45, 7) is 3.99. The van der Waals surface area contributed by atoms with Crippen molar-refractivity contribution in [3.8, 4) is 0 Å². The summed E-state index contributed by atoms with van der Waals surface area (Å²) < 4.78 is 4.97. The lowest BCUT2D eigenvalue weighted by Crippen LogP contribution is -2.50. The van der Waals surface area contributed by atoms with Crippen molar-refractivity contribution in [1.29, 1.82) is 0 Å². The molecule has 1 aliphatic heterocycles. The van der Waals surface area contributed by atoms with Crippen molar-refractivity contribution in [2.24, 2.45) is 5.92 Å². The first-order valence-electron chi connectivity index (χ1n) is 9.05. The zero-order chi connectivity index (χ0) is 20.0. The van der Waals surface area contributed by atoms with Gasteiger partial charge in [0.25, 0.3) is 5.91 Å². The maximum Gasteiger partial charge on any atom is 0.272 e. The van der Waals surface area contributed by atoms with Crippen molar-refractivity contribution in [3.63, 3.8) is 0 Å². The van der Waals surface area contributed by atoms with Crippen LogP contribution in [0.5, 0.6) is 0 Å². The number of carbonyl (C=O) groups excluding carboxylic acids is 3. The molecule has 27 heavy (non-hydrogen) atoms. The SMILES string of the molecule is CCCC[C@@H](C(=O)N1CCC[C@H]1C(=O)Nc1cc(C)no1)[C@H](O)C(=O)NO. The van der Waals surface area contributed by atoms with E-state index in [-0.39, 0.29) is 12.3 Å². The fraction of sp³-hybridized carbons (Fsp3) is 0.647. The standard InChI is InChI=1S/C17H26N4O6/c1-3-4-6-11(14(22)16(24)19-26)17(25)21-8-5-7-12(21)15(23)18-13-9-10(2)20-27-13/h9,11-12,14,22,26H,3-8H2,1-2H3,(H,18,23)(H,19,24)/t11-,12+,14+/m1/s1. The second-order valence-corrected chi connectivity index (χ2v) is 6.68. The highest BCUT2D eigenvalue weighted by atomic mass is 16.5. The van der Waals surface area contributed by atoms with Crippen LogP contribution in [0.3, 0.4) is 0 Å². The highest BCUT2D eigenvalue weighted by Crippen LogP contribution is 2.25. The molecule has 1 aliphatic rings. The van der Waals surface area contributed by atoms with Crippen LogP contribution < -0.4 is 10.8 Å². The third kappa shape index (κ3) is 5.04. The number of anilines is 1. The van der Waals surface area contributed by atoms with Crippen molar-refractivity contribution >= 4 is 23.6 Å². The first-order valence-corrected chi connectivity index (χ1v) is 9.05. The lowest BCUT2D eigenvalue weighted by atomic mass is 9.93. The van der Waals surface area contributed by atoms with Crippen molar-refractivity contribution in [3.05, 3.63) is 11.8 Å². The van der Waals surface area contributed by atoms with Crippen LogP contribution in [-0.4, -0.2) is 56.8 Å². The summed E-state index contributed by atoms with van der Waals surface area (Å²) in [7, 11) is 0. The third-order valence-corrected chi connectivity index (χ3v) is 4.66. The van der Waals surface area contributed by atoms with Gasteiger partial charge in [0.15, 0.2) is 0 Å². The van der Waals surface area contributed by atoms with Gasteiger partial charge < -0.3 is 14.5 Å². The molecule has 4 N–H and O–H groups in total. The molecule has 3 atom stereocenters. The topological polar surface area (TPSA) is 145 Å². The molecule has 1 saturated heterocycles.